The van der Waals surface area contributed by atoms with Crippen molar-refractivity contribution in [2.24, 2.45) is 17.3 Å². The molecule has 3 heterocycles. The van der Waals surface area contributed by atoms with Gasteiger partial charge in [-0.05, 0) is 63.4 Å². The Labute approximate surface area is 227 Å². The lowest BCUT2D eigenvalue weighted by atomic mass is 9.63. The summed E-state index contributed by atoms with van der Waals surface area (Å²) in [5, 5.41) is 9.49. The van der Waals surface area contributed by atoms with Crippen molar-refractivity contribution in [1.29, 1.82) is 0 Å². The molecular weight excluding hydrogens is 482 g/mol. The van der Waals surface area contributed by atoms with E-state index in [2.05, 4.69) is 11.0 Å². The molecule has 0 aromatic heterocycles. The van der Waals surface area contributed by atoms with Crippen molar-refractivity contribution in [3.8, 4) is 11.5 Å². The second kappa shape index (κ2) is 11.4. The predicted octanol–water partition coefficient (Wildman–Crippen LogP) is 6.15. The van der Waals surface area contributed by atoms with Crippen molar-refractivity contribution < 1.29 is 28.9 Å². The maximum atomic E-state index is 13.0. The number of nitrogens with zero attached hydrogens (tertiary/aromatic N) is 1. The summed E-state index contributed by atoms with van der Waals surface area (Å²) in [6, 6.07) is 5.94. The zero-order chi connectivity index (χ0) is 26.8. The first-order chi connectivity index (χ1) is 18.3. The number of para-hydroxylation sites is 1. The van der Waals surface area contributed by atoms with Crippen LogP contribution < -0.4 is 9.47 Å². The maximum absolute atomic E-state index is 13.0. The summed E-state index contributed by atoms with van der Waals surface area (Å²) in [5.74, 6) is 1.64. The van der Waals surface area contributed by atoms with Gasteiger partial charge in [-0.3, -0.25) is 9.59 Å². The minimum atomic E-state index is -0.818. The number of likely N-dealkylation sites (tertiary alicyclic amines) is 1. The van der Waals surface area contributed by atoms with Gasteiger partial charge in [0, 0.05) is 37.4 Å². The van der Waals surface area contributed by atoms with Crippen LogP contribution >= 0.6 is 0 Å². The Kier molecular flexibility index (Phi) is 8.22. The highest BCUT2D eigenvalue weighted by molar-refractivity contribution is 5.76. The lowest BCUT2D eigenvalue weighted by Crippen LogP contribution is -2.56. The van der Waals surface area contributed by atoms with Crippen molar-refractivity contribution in [2.45, 2.75) is 103 Å². The number of benzene rings is 1. The van der Waals surface area contributed by atoms with E-state index in [0.717, 1.165) is 50.3 Å². The third-order valence-corrected chi connectivity index (χ3v) is 9.83. The van der Waals surface area contributed by atoms with Crippen LogP contribution in [0.25, 0.3) is 0 Å². The SMILES string of the molecule is CCOc1cccc2c1O[C@](C)(CCC(=O)O)[C@H]1CC3(CCN(C(=O)CCC4CCCCC4)CC3)CO[C@H]21. The molecule has 5 rings (SSSR count). The number of piperidine rings is 1. The van der Waals surface area contributed by atoms with Gasteiger partial charge in [-0.25, -0.2) is 0 Å². The van der Waals surface area contributed by atoms with Crippen molar-refractivity contribution in [3.63, 3.8) is 0 Å². The van der Waals surface area contributed by atoms with E-state index in [0.29, 0.717) is 43.5 Å². The summed E-state index contributed by atoms with van der Waals surface area (Å²) in [5.41, 5.74) is 0.312. The van der Waals surface area contributed by atoms with E-state index in [9.17, 15) is 14.7 Å². The number of aliphatic carboxylic acids is 1. The molecule has 0 radical (unpaired) electrons. The second-order valence-electron chi connectivity index (χ2n) is 12.4. The van der Waals surface area contributed by atoms with Crippen LogP contribution in [0, 0.1) is 17.3 Å². The number of carboxylic acid groups (broad SMARTS) is 1. The molecule has 2 saturated heterocycles. The third kappa shape index (κ3) is 5.68. The van der Waals surface area contributed by atoms with Crippen molar-refractivity contribution in [1.82, 2.24) is 4.90 Å². The number of ether oxygens (including phenoxy) is 3. The first kappa shape index (κ1) is 27.3. The molecule has 1 spiro atoms. The van der Waals surface area contributed by atoms with Crippen LogP contribution in [0.15, 0.2) is 18.2 Å². The monoisotopic (exact) mass is 527 g/mol. The van der Waals surface area contributed by atoms with E-state index >= 15 is 0 Å². The average molecular weight is 528 g/mol. The molecule has 1 N–H and O–H groups in total. The molecule has 7 heteroatoms. The second-order valence-corrected chi connectivity index (χ2v) is 12.4. The Morgan fingerprint density at radius 3 is 2.61 bits per heavy atom. The van der Waals surface area contributed by atoms with Gasteiger partial charge in [-0.15, -0.1) is 0 Å². The molecule has 1 aromatic carbocycles. The highest BCUT2D eigenvalue weighted by Gasteiger charge is 2.55. The molecule has 4 aliphatic rings. The summed E-state index contributed by atoms with van der Waals surface area (Å²) in [4.78, 5) is 26.7. The van der Waals surface area contributed by atoms with Gasteiger partial charge in [-0.2, -0.15) is 0 Å². The fourth-order valence-corrected chi connectivity index (χ4v) is 7.43. The van der Waals surface area contributed by atoms with Crippen LogP contribution in [0.2, 0.25) is 0 Å². The fraction of sp³-hybridized carbons (Fsp3) is 0.742. The van der Waals surface area contributed by atoms with Gasteiger partial charge >= 0.3 is 5.97 Å². The van der Waals surface area contributed by atoms with Crippen LogP contribution in [0.4, 0.5) is 0 Å². The van der Waals surface area contributed by atoms with Crippen molar-refractivity contribution in [3.05, 3.63) is 23.8 Å². The number of fused-ring (bicyclic) bond motifs is 3. The number of carboxylic acids is 1. The lowest BCUT2D eigenvalue weighted by molar-refractivity contribution is -0.183. The Bertz CT molecular complexity index is 996. The van der Waals surface area contributed by atoms with Gasteiger partial charge in [0.25, 0.3) is 0 Å². The number of hydrogen-bond acceptors (Lipinski definition) is 5. The number of rotatable bonds is 8. The zero-order valence-corrected chi connectivity index (χ0v) is 23.2. The number of amides is 1. The number of hydrogen-bond donors (Lipinski definition) is 1. The summed E-state index contributed by atoms with van der Waals surface area (Å²) < 4.78 is 19.2. The van der Waals surface area contributed by atoms with Crippen LogP contribution in [0.3, 0.4) is 0 Å². The molecule has 38 heavy (non-hydrogen) atoms. The van der Waals surface area contributed by atoms with Crippen LogP contribution in [0.1, 0.15) is 103 Å². The van der Waals surface area contributed by atoms with E-state index in [1.165, 1.54) is 32.1 Å². The average Bonchev–Trinajstić information content (AvgIpc) is 2.93. The van der Waals surface area contributed by atoms with Gasteiger partial charge in [0.1, 0.15) is 5.60 Å². The van der Waals surface area contributed by atoms with E-state index < -0.39 is 11.6 Å². The summed E-state index contributed by atoms with van der Waals surface area (Å²) in [6.45, 7) is 6.74. The van der Waals surface area contributed by atoms with Gasteiger partial charge in [0.05, 0.1) is 19.3 Å². The fourth-order valence-electron chi connectivity index (χ4n) is 7.43. The van der Waals surface area contributed by atoms with E-state index in [4.69, 9.17) is 14.2 Å². The molecule has 1 aromatic rings. The van der Waals surface area contributed by atoms with Crippen LogP contribution in [0.5, 0.6) is 11.5 Å². The molecule has 1 aliphatic carbocycles. The Hall–Kier alpha value is -2.28. The van der Waals surface area contributed by atoms with Crippen molar-refractivity contribution >= 4 is 11.9 Å². The van der Waals surface area contributed by atoms with E-state index in [-0.39, 0.29) is 23.9 Å². The summed E-state index contributed by atoms with van der Waals surface area (Å²) >= 11 is 0. The quantitative estimate of drug-likeness (QED) is 0.437. The predicted molar refractivity (Wildman–Crippen MR) is 144 cm³/mol. The third-order valence-electron chi connectivity index (χ3n) is 9.83. The molecule has 3 atom stereocenters. The normalized spacial score (nSPS) is 28.7. The van der Waals surface area contributed by atoms with Gasteiger partial charge in [-0.1, -0.05) is 44.2 Å². The molecule has 7 nitrogen and oxygen atoms in total. The molecule has 1 amide bonds. The molecule has 210 valence electrons. The number of carbonyl (C=O) groups is 2. The smallest absolute Gasteiger partial charge is 0.303 e. The highest BCUT2D eigenvalue weighted by atomic mass is 16.5. The molecule has 0 bridgehead atoms. The first-order valence-electron chi connectivity index (χ1n) is 14.9. The lowest BCUT2D eigenvalue weighted by Gasteiger charge is -2.55. The highest BCUT2D eigenvalue weighted by Crippen LogP contribution is 2.58. The summed E-state index contributed by atoms with van der Waals surface area (Å²) in [6.07, 6.45) is 11.3. The zero-order valence-electron chi connectivity index (χ0n) is 23.2. The molecule has 0 unspecified atom stereocenters. The van der Waals surface area contributed by atoms with Gasteiger partial charge in [0.15, 0.2) is 11.5 Å². The first-order valence-corrected chi connectivity index (χ1v) is 14.9. The van der Waals surface area contributed by atoms with Crippen LogP contribution in [-0.2, 0) is 14.3 Å². The molecule has 3 fully saturated rings. The van der Waals surface area contributed by atoms with Crippen LogP contribution in [-0.4, -0.2) is 53.8 Å². The molecular formula is C31H45NO6. The van der Waals surface area contributed by atoms with Crippen molar-refractivity contribution in [2.75, 3.05) is 26.3 Å². The van der Waals surface area contributed by atoms with E-state index in [1.807, 2.05) is 26.0 Å². The Morgan fingerprint density at radius 2 is 1.89 bits per heavy atom. The Balaban J connectivity index is 1.28. The van der Waals surface area contributed by atoms with Gasteiger partial charge < -0.3 is 24.2 Å². The minimum Gasteiger partial charge on any atom is -0.490 e. The molecule has 1 saturated carbocycles. The molecule has 3 aliphatic heterocycles. The standard InChI is InChI=1S/C31H45NO6/c1-3-36-25-11-7-10-23-28-24(30(2,38-29(23)25)15-14-27(34)35)20-31(21-37-28)16-18-32(19-17-31)26(33)13-12-22-8-5-4-6-9-22/h7,10-11,22,24,28H,3-6,8-9,12-21H2,1-2H3,(H,34,35)/t24-,28+,30+/m0/s1. The maximum Gasteiger partial charge on any atom is 0.303 e. The minimum absolute atomic E-state index is 0.00973. The topological polar surface area (TPSA) is 85.3 Å². The largest absolute Gasteiger partial charge is 0.490 e. The van der Waals surface area contributed by atoms with Gasteiger partial charge in [0.2, 0.25) is 5.91 Å². The summed E-state index contributed by atoms with van der Waals surface area (Å²) in [7, 11) is 0. The Morgan fingerprint density at radius 1 is 1.13 bits per heavy atom. The number of carbonyl (C=O) groups excluding carboxylic acids is 1. The van der Waals surface area contributed by atoms with E-state index in [1.54, 1.807) is 0 Å².